The van der Waals surface area contributed by atoms with Crippen molar-refractivity contribution in [2.24, 2.45) is 0 Å². The van der Waals surface area contributed by atoms with E-state index in [2.05, 4.69) is 5.10 Å². The third kappa shape index (κ3) is 1.76. The lowest BCUT2D eigenvalue weighted by Gasteiger charge is -2.09. The van der Waals surface area contributed by atoms with E-state index in [1.54, 1.807) is 13.1 Å². The number of aryl methyl sites for hydroxylation is 1. The zero-order chi connectivity index (χ0) is 11.0. The summed E-state index contributed by atoms with van der Waals surface area (Å²) in [6.07, 6.45) is 4.06. The molecular formula is C11H16N2O2. The van der Waals surface area contributed by atoms with Crippen molar-refractivity contribution in [1.82, 2.24) is 9.78 Å². The Morgan fingerprint density at radius 2 is 2.40 bits per heavy atom. The molecule has 0 saturated heterocycles. The molecule has 4 nitrogen and oxygen atoms in total. The fourth-order valence-electron chi connectivity index (χ4n) is 1.93. The summed E-state index contributed by atoms with van der Waals surface area (Å²) in [5, 5.41) is 13.3. The van der Waals surface area contributed by atoms with E-state index in [0.29, 0.717) is 5.92 Å². The molecule has 1 aliphatic carbocycles. The second kappa shape index (κ2) is 3.68. The Morgan fingerprint density at radius 1 is 1.73 bits per heavy atom. The van der Waals surface area contributed by atoms with E-state index in [1.165, 1.54) is 12.8 Å². The van der Waals surface area contributed by atoms with Crippen LogP contribution < -0.4 is 0 Å². The van der Waals surface area contributed by atoms with E-state index in [-0.39, 0.29) is 0 Å². The molecular weight excluding hydrogens is 192 g/mol. The van der Waals surface area contributed by atoms with E-state index in [1.807, 2.05) is 11.6 Å². The molecule has 0 radical (unpaired) electrons. The van der Waals surface area contributed by atoms with Crippen molar-refractivity contribution in [3.63, 3.8) is 0 Å². The maximum Gasteiger partial charge on any atom is 0.310 e. The van der Waals surface area contributed by atoms with E-state index in [4.69, 9.17) is 5.11 Å². The Hall–Kier alpha value is -1.32. The molecule has 4 heteroatoms. The van der Waals surface area contributed by atoms with Crippen molar-refractivity contribution in [3.8, 4) is 0 Å². The summed E-state index contributed by atoms with van der Waals surface area (Å²) in [7, 11) is 0. The molecule has 1 atom stereocenters. The Kier molecular flexibility index (Phi) is 2.50. The minimum Gasteiger partial charge on any atom is -0.481 e. The number of carboxylic acids is 1. The molecule has 1 aromatic heterocycles. The van der Waals surface area contributed by atoms with Crippen LogP contribution in [0.4, 0.5) is 0 Å². The van der Waals surface area contributed by atoms with Crippen molar-refractivity contribution < 1.29 is 9.90 Å². The monoisotopic (exact) mass is 208 g/mol. The summed E-state index contributed by atoms with van der Waals surface area (Å²) < 4.78 is 1.94. The largest absolute Gasteiger partial charge is 0.481 e. The maximum absolute atomic E-state index is 11.0. The Bertz CT molecular complexity index is 380. The number of hydrogen-bond donors (Lipinski definition) is 1. The first-order valence-corrected chi connectivity index (χ1v) is 5.43. The first-order valence-electron chi connectivity index (χ1n) is 5.43. The summed E-state index contributed by atoms with van der Waals surface area (Å²) >= 11 is 0. The minimum atomic E-state index is -0.771. The minimum absolute atomic E-state index is 0.444. The van der Waals surface area contributed by atoms with Crippen LogP contribution in [0.15, 0.2) is 6.20 Å². The van der Waals surface area contributed by atoms with Gasteiger partial charge >= 0.3 is 5.97 Å². The molecule has 0 bridgehead atoms. The Labute approximate surface area is 88.9 Å². The SMILES string of the molecule is CCn1ncc(C(C)C(=O)O)c1C1CC1. The van der Waals surface area contributed by atoms with Gasteiger partial charge < -0.3 is 5.11 Å². The lowest BCUT2D eigenvalue weighted by Crippen LogP contribution is -2.10. The third-order valence-electron chi connectivity index (χ3n) is 3.01. The van der Waals surface area contributed by atoms with Gasteiger partial charge in [0.1, 0.15) is 0 Å². The van der Waals surface area contributed by atoms with E-state index >= 15 is 0 Å². The van der Waals surface area contributed by atoms with Crippen LogP contribution in [0.1, 0.15) is 49.8 Å². The predicted molar refractivity (Wildman–Crippen MR) is 55.9 cm³/mol. The maximum atomic E-state index is 11.0. The van der Waals surface area contributed by atoms with Gasteiger partial charge in [0.15, 0.2) is 0 Å². The van der Waals surface area contributed by atoms with Crippen molar-refractivity contribution in [2.45, 2.75) is 45.1 Å². The van der Waals surface area contributed by atoms with Gasteiger partial charge in [0.2, 0.25) is 0 Å². The topological polar surface area (TPSA) is 55.1 Å². The van der Waals surface area contributed by atoms with Crippen molar-refractivity contribution in [2.75, 3.05) is 0 Å². The first-order chi connectivity index (χ1) is 7.15. The van der Waals surface area contributed by atoms with Gasteiger partial charge in [-0.15, -0.1) is 0 Å². The number of rotatable bonds is 4. The molecule has 1 aliphatic rings. The van der Waals surface area contributed by atoms with E-state index < -0.39 is 11.9 Å². The standard InChI is InChI=1S/C11H16N2O2/c1-3-13-10(8-4-5-8)9(6-12-13)7(2)11(14)15/h6-8H,3-5H2,1-2H3,(H,14,15). The van der Waals surface area contributed by atoms with Crippen molar-refractivity contribution >= 4 is 5.97 Å². The highest BCUT2D eigenvalue weighted by molar-refractivity contribution is 5.76. The fraction of sp³-hybridized carbons (Fsp3) is 0.636. The molecule has 1 aromatic rings. The average Bonchev–Trinajstić information content (AvgIpc) is 2.96. The number of hydrogen-bond acceptors (Lipinski definition) is 2. The van der Waals surface area contributed by atoms with Gasteiger partial charge in [0.25, 0.3) is 0 Å². The molecule has 15 heavy (non-hydrogen) atoms. The summed E-state index contributed by atoms with van der Waals surface area (Å²) in [4.78, 5) is 11.0. The molecule has 0 aromatic carbocycles. The Morgan fingerprint density at radius 3 is 2.87 bits per heavy atom. The lowest BCUT2D eigenvalue weighted by molar-refractivity contribution is -0.138. The number of aliphatic carboxylic acids is 1. The average molecular weight is 208 g/mol. The van der Waals surface area contributed by atoms with Crippen molar-refractivity contribution in [1.29, 1.82) is 0 Å². The normalized spacial score (nSPS) is 17.7. The molecule has 0 spiro atoms. The summed E-state index contributed by atoms with van der Waals surface area (Å²) in [6, 6.07) is 0. The summed E-state index contributed by atoms with van der Waals surface area (Å²) in [5.74, 6) is -0.669. The molecule has 1 fully saturated rings. The second-order valence-corrected chi connectivity index (χ2v) is 4.14. The van der Waals surface area contributed by atoms with E-state index in [9.17, 15) is 4.79 Å². The predicted octanol–water partition coefficient (Wildman–Crippen LogP) is 1.97. The van der Waals surface area contributed by atoms with Crippen LogP contribution in [0.5, 0.6) is 0 Å². The van der Waals surface area contributed by atoms with Gasteiger partial charge in [-0.05, 0) is 26.7 Å². The quantitative estimate of drug-likeness (QED) is 0.823. The van der Waals surface area contributed by atoms with Gasteiger partial charge in [-0.2, -0.15) is 5.10 Å². The zero-order valence-electron chi connectivity index (χ0n) is 9.10. The van der Waals surface area contributed by atoms with Crippen LogP contribution in [0.3, 0.4) is 0 Å². The van der Waals surface area contributed by atoms with Crippen LogP contribution in [0.2, 0.25) is 0 Å². The summed E-state index contributed by atoms with van der Waals surface area (Å²) in [5.41, 5.74) is 2.04. The molecule has 1 heterocycles. The molecule has 1 saturated carbocycles. The molecule has 0 aliphatic heterocycles. The fourth-order valence-corrected chi connectivity index (χ4v) is 1.93. The number of aromatic nitrogens is 2. The highest BCUT2D eigenvalue weighted by Gasteiger charge is 2.32. The first kappa shape index (κ1) is 10.2. The molecule has 2 rings (SSSR count). The third-order valence-corrected chi connectivity index (χ3v) is 3.01. The summed E-state index contributed by atoms with van der Waals surface area (Å²) in [6.45, 7) is 4.58. The van der Waals surface area contributed by atoms with Gasteiger partial charge in [0.05, 0.1) is 12.1 Å². The zero-order valence-corrected chi connectivity index (χ0v) is 9.10. The molecule has 1 N–H and O–H groups in total. The second-order valence-electron chi connectivity index (χ2n) is 4.14. The van der Waals surface area contributed by atoms with Crippen molar-refractivity contribution in [3.05, 3.63) is 17.5 Å². The smallest absolute Gasteiger partial charge is 0.310 e. The molecule has 0 amide bonds. The lowest BCUT2D eigenvalue weighted by atomic mass is 10.00. The van der Waals surface area contributed by atoms with Crippen LogP contribution >= 0.6 is 0 Å². The molecule has 1 unspecified atom stereocenters. The number of carbonyl (C=O) groups is 1. The van der Waals surface area contributed by atoms with Gasteiger partial charge in [-0.3, -0.25) is 9.48 Å². The van der Waals surface area contributed by atoms with Crippen LogP contribution in [-0.2, 0) is 11.3 Å². The highest BCUT2D eigenvalue weighted by Crippen LogP contribution is 2.43. The highest BCUT2D eigenvalue weighted by atomic mass is 16.4. The van der Waals surface area contributed by atoms with Gasteiger partial charge in [-0.1, -0.05) is 0 Å². The van der Waals surface area contributed by atoms with Crippen LogP contribution in [-0.4, -0.2) is 20.9 Å². The molecule has 82 valence electrons. The van der Waals surface area contributed by atoms with Gasteiger partial charge in [0, 0.05) is 23.7 Å². The number of carboxylic acid groups (broad SMARTS) is 1. The van der Waals surface area contributed by atoms with Crippen LogP contribution in [0, 0.1) is 0 Å². The number of nitrogens with zero attached hydrogens (tertiary/aromatic N) is 2. The van der Waals surface area contributed by atoms with Gasteiger partial charge in [-0.25, -0.2) is 0 Å². The van der Waals surface area contributed by atoms with Crippen LogP contribution in [0.25, 0.3) is 0 Å². The van der Waals surface area contributed by atoms with E-state index in [0.717, 1.165) is 17.8 Å². The Balaban J connectivity index is 2.38.